The Morgan fingerprint density at radius 3 is 1.93 bits per heavy atom. The summed E-state index contributed by atoms with van der Waals surface area (Å²) in [6.45, 7) is 20.6. The summed E-state index contributed by atoms with van der Waals surface area (Å²) in [4.78, 5) is 10.8. The van der Waals surface area contributed by atoms with Gasteiger partial charge in [-0.25, -0.2) is 4.39 Å². The third-order valence-corrected chi connectivity index (χ3v) is 3.30. The molecule has 0 aliphatic heterocycles. The standard InChI is InChI=1S/C20H28FNO3.2C2H6/c1-7-10-17(19(11-8-2)22(23)24)14-25-18(9-3)13-12-16(6)20(21)15(4)5;2*1-2/h7-13,15,20H,6,14H2,1-5H3;2*1-2H3/b10-7-,11-8-,13-12-,18-9+,19-17-;;. The second-order valence-corrected chi connectivity index (χ2v) is 5.70. The molecular formula is C24H40FNO3. The van der Waals surface area contributed by atoms with Crippen molar-refractivity contribution >= 4 is 0 Å². The highest BCUT2D eigenvalue weighted by molar-refractivity contribution is 5.30. The molecule has 0 aromatic heterocycles. The SMILES string of the molecule is C=C(/C=C\C(=C/C)OCC(/C=C\C)=C(/C=C\C)[N+](=O)[O-])C(F)C(C)C.CC.CC. The minimum Gasteiger partial charge on any atom is -0.489 e. The first kappa shape index (κ1) is 31.3. The molecule has 0 rings (SSSR count). The third kappa shape index (κ3) is 14.3. The zero-order chi connectivity index (χ0) is 23.4. The van der Waals surface area contributed by atoms with Gasteiger partial charge >= 0.3 is 0 Å². The Hall–Kier alpha value is -2.43. The summed E-state index contributed by atoms with van der Waals surface area (Å²) in [7, 11) is 0. The van der Waals surface area contributed by atoms with Crippen molar-refractivity contribution in [3.8, 4) is 0 Å². The number of ether oxygens (including phenoxy) is 1. The summed E-state index contributed by atoms with van der Waals surface area (Å²) >= 11 is 0. The van der Waals surface area contributed by atoms with Gasteiger partial charge in [0.25, 0.3) is 5.70 Å². The molecule has 0 bridgehead atoms. The van der Waals surface area contributed by atoms with Gasteiger partial charge in [0.2, 0.25) is 0 Å². The predicted octanol–water partition coefficient (Wildman–Crippen LogP) is 7.75. The van der Waals surface area contributed by atoms with E-state index in [1.807, 2.05) is 27.7 Å². The van der Waals surface area contributed by atoms with Crippen molar-refractivity contribution < 1.29 is 14.1 Å². The summed E-state index contributed by atoms with van der Waals surface area (Å²) in [6.07, 6.45) is 10.2. The molecule has 0 spiro atoms. The molecule has 0 aromatic carbocycles. The average Bonchev–Trinajstić information content (AvgIpc) is 2.73. The van der Waals surface area contributed by atoms with Gasteiger partial charge < -0.3 is 4.74 Å². The van der Waals surface area contributed by atoms with Crippen molar-refractivity contribution in [1.82, 2.24) is 0 Å². The number of allylic oxidation sites excluding steroid dienone is 7. The average molecular weight is 410 g/mol. The molecule has 0 radical (unpaired) electrons. The minimum absolute atomic E-state index is 0.0203. The molecule has 166 valence electrons. The van der Waals surface area contributed by atoms with Gasteiger partial charge in [-0.05, 0) is 44.4 Å². The van der Waals surface area contributed by atoms with E-state index >= 15 is 0 Å². The molecule has 0 fully saturated rings. The maximum absolute atomic E-state index is 13.9. The summed E-state index contributed by atoms with van der Waals surface area (Å²) in [5.74, 6) is 0.335. The lowest BCUT2D eigenvalue weighted by Crippen LogP contribution is -2.10. The molecule has 0 aliphatic rings. The first-order valence-electron chi connectivity index (χ1n) is 10.2. The number of alkyl halides is 1. The highest BCUT2D eigenvalue weighted by Crippen LogP contribution is 2.17. The molecule has 0 heterocycles. The highest BCUT2D eigenvalue weighted by Gasteiger charge is 2.15. The summed E-state index contributed by atoms with van der Waals surface area (Å²) in [5, 5.41) is 11.2. The van der Waals surface area contributed by atoms with Gasteiger partial charge in [0, 0.05) is 6.08 Å². The van der Waals surface area contributed by atoms with Crippen LogP contribution in [0.3, 0.4) is 0 Å². The molecule has 0 saturated carbocycles. The fraction of sp³-hybridized carbons (Fsp3) is 0.500. The highest BCUT2D eigenvalue weighted by atomic mass is 19.1. The number of hydrogen-bond donors (Lipinski definition) is 0. The number of rotatable bonds is 10. The van der Waals surface area contributed by atoms with Crippen LogP contribution in [-0.2, 0) is 4.74 Å². The molecule has 4 nitrogen and oxygen atoms in total. The lowest BCUT2D eigenvalue weighted by atomic mass is 10.0. The molecule has 0 aromatic rings. The quantitative estimate of drug-likeness (QED) is 0.160. The largest absolute Gasteiger partial charge is 0.489 e. The van der Waals surface area contributed by atoms with Gasteiger partial charge in [0.15, 0.2) is 0 Å². The van der Waals surface area contributed by atoms with Crippen molar-refractivity contribution in [1.29, 1.82) is 0 Å². The van der Waals surface area contributed by atoms with E-state index in [4.69, 9.17) is 4.74 Å². The van der Waals surface area contributed by atoms with E-state index in [-0.39, 0.29) is 18.2 Å². The van der Waals surface area contributed by atoms with Crippen LogP contribution in [0.15, 0.2) is 71.7 Å². The summed E-state index contributed by atoms with van der Waals surface area (Å²) in [6, 6.07) is 0. The van der Waals surface area contributed by atoms with Crippen molar-refractivity contribution in [2.24, 2.45) is 5.92 Å². The van der Waals surface area contributed by atoms with Crippen LogP contribution < -0.4 is 0 Å². The van der Waals surface area contributed by atoms with Gasteiger partial charge in [-0.1, -0.05) is 72.4 Å². The molecule has 29 heavy (non-hydrogen) atoms. The van der Waals surface area contributed by atoms with Crippen LogP contribution >= 0.6 is 0 Å². The second kappa shape index (κ2) is 20.3. The fourth-order valence-electron chi connectivity index (χ4n) is 1.95. The van der Waals surface area contributed by atoms with Crippen LogP contribution in [0.25, 0.3) is 0 Å². The normalized spacial score (nSPS) is 13.6. The van der Waals surface area contributed by atoms with Gasteiger partial charge in [-0.3, -0.25) is 10.1 Å². The molecule has 0 aliphatic carbocycles. The van der Waals surface area contributed by atoms with E-state index in [1.54, 1.807) is 71.1 Å². The zero-order valence-electron chi connectivity index (χ0n) is 19.7. The number of hydrogen-bond acceptors (Lipinski definition) is 3. The van der Waals surface area contributed by atoms with E-state index in [2.05, 4.69) is 6.58 Å². The van der Waals surface area contributed by atoms with Gasteiger partial charge in [-0.2, -0.15) is 0 Å². The summed E-state index contributed by atoms with van der Waals surface area (Å²) in [5.41, 5.74) is 0.790. The molecule has 0 saturated heterocycles. The minimum atomic E-state index is -1.12. The number of nitrogens with zero attached hydrogens (tertiary/aromatic N) is 1. The van der Waals surface area contributed by atoms with Crippen molar-refractivity contribution in [3.05, 3.63) is 81.8 Å². The van der Waals surface area contributed by atoms with E-state index in [1.165, 1.54) is 6.08 Å². The Labute approximate surface area is 177 Å². The smallest absolute Gasteiger partial charge is 0.275 e. The molecule has 0 N–H and O–H groups in total. The maximum Gasteiger partial charge on any atom is 0.275 e. The fourth-order valence-corrected chi connectivity index (χ4v) is 1.95. The van der Waals surface area contributed by atoms with E-state index in [0.717, 1.165) is 0 Å². The Morgan fingerprint density at radius 1 is 1.03 bits per heavy atom. The van der Waals surface area contributed by atoms with Crippen molar-refractivity contribution in [3.63, 3.8) is 0 Å². The van der Waals surface area contributed by atoms with E-state index in [0.29, 0.717) is 16.9 Å². The lowest BCUT2D eigenvalue weighted by molar-refractivity contribution is -0.420. The lowest BCUT2D eigenvalue weighted by Gasteiger charge is -2.12. The van der Waals surface area contributed by atoms with Crippen molar-refractivity contribution in [2.75, 3.05) is 6.61 Å². The third-order valence-electron chi connectivity index (χ3n) is 3.30. The monoisotopic (exact) mass is 409 g/mol. The van der Waals surface area contributed by atoms with Crippen LogP contribution in [0.4, 0.5) is 4.39 Å². The van der Waals surface area contributed by atoms with Crippen LogP contribution in [0.2, 0.25) is 0 Å². The van der Waals surface area contributed by atoms with Crippen molar-refractivity contribution in [2.45, 2.75) is 68.5 Å². The zero-order valence-corrected chi connectivity index (χ0v) is 19.7. The molecular weight excluding hydrogens is 369 g/mol. The van der Waals surface area contributed by atoms with Gasteiger partial charge in [0.1, 0.15) is 18.5 Å². The topological polar surface area (TPSA) is 52.4 Å². The van der Waals surface area contributed by atoms with Gasteiger partial charge in [-0.15, -0.1) is 0 Å². The Bertz CT molecular complexity index is 612. The van der Waals surface area contributed by atoms with Crippen LogP contribution in [0.1, 0.15) is 62.3 Å². The van der Waals surface area contributed by atoms with Crippen LogP contribution in [0.5, 0.6) is 0 Å². The first-order chi connectivity index (χ1) is 13.8. The second-order valence-electron chi connectivity index (χ2n) is 5.70. The van der Waals surface area contributed by atoms with Gasteiger partial charge in [0.05, 0.1) is 10.5 Å². The predicted molar refractivity (Wildman–Crippen MR) is 124 cm³/mol. The van der Waals surface area contributed by atoms with Crippen LogP contribution in [-0.4, -0.2) is 17.7 Å². The molecule has 1 unspecified atom stereocenters. The molecule has 5 heteroatoms. The summed E-state index contributed by atoms with van der Waals surface area (Å²) < 4.78 is 19.5. The molecule has 0 amide bonds. The van der Waals surface area contributed by atoms with E-state index < -0.39 is 11.1 Å². The van der Waals surface area contributed by atoms with E-state index in [9.17, 15) is 14.5 Å². The first-order valence-corrected chi connectivity index (χ1v) is 10.2. The Morgan fingerprint density at radius 2 is 1.55 bits per heavy atom. The molecule has 1 atom stereocenters. The number of halogens is 1. The number of nitro groups is 1. The Kier molecular flexibility index (Phi) is 21.9. The maximum atomic E-state index is 13.9. The van der Waals surface area contributed by atoms with Crippen LogP contribution in [0, 0.1) is 16.0 Å². The Balaban J connectivity index is -0.00000158.